The van der Waals surface area contributed by atoms with Gasteiger partial charge in [-0.3, -0.25) is 9.78 Å². The zero-order valence-corrected chi connectivity index (χ0v) is 18.0. The molecule has 0 radical (unpaired) electrons. The van der Waals surface area contributed by atoms with Gasteiger partial charge in [0.25, 0.3) is 0 Å². The van der Waals surface area contributed by atoms with Crippen molar-refractivity contribution in [2.75, 3.05) is 0 Å². The van der Waals surface area contributed by atoms with Crippen molar-refractivity contribution in [2.24, 2.45) is 5.92 Å². The molecule has 2 aromatic heterocycles. The van der Waals surface area contributed by atoms with Crippen LogP contribution in [0.3, 0.4) is 0 Å². The van der Waals surface area contributed by atoms with E-state index in [0.29, 0.717) is 5.01 Å². The minimum absolute atomic E-state index is 0.152. The first-order chi connectivity index (χ1) is 14.3. The van der Waals surface area contributed by atoms with Gasteiger partial charge in [-0.05, 0) is 30.2 Å². The van der Waals surface area contributed by atoms with Crippen LogP contribution in [0.5, 0.6) is 0 Å². The lowest BCUT2D eigenvalue weighted by atomic mass is 10.1. The first-order valence-electron chi connectivity index (χ1n) is 9.17. The fourth-order valence-corrected chi connectivity index (χ4v) is 4.87. The number of nitrogens with zero attached hydrogens (tertiary/aromatic N) is 2. The number of amides is 1. The van der Waals surface area contributed by atoms with Gasteiger partial charge in [-0.25, -0.2) is 17.8 Å². The highest BCUT2D eigenvalue weighted by atomic mass is 32.2. The van der Waals surface area contributed by atoms with Crippen LogP contribution < -0.4 is 10.0 Å². The smallest absolute Gasteiger partial charge is 0.244 e. The van der Waals surface area contributed by atoms with Gasteiger partial charge < -0.3 is 5.32 Å². The second-order valence-electron chi connectivity index (χ2n) is 6.85. The third-order valence-electron chi connectivity index (χ3n) is 4.30. The van der Waals surface area contributed by atoms with E-state index in [9.17, 15) is 17.6 Å². The zero-order chi connectivity index (χ0) is 21.7. The number of thiazole rings is 1. The highest BCUT2D eigenvalue weighted by Crippen LogP contribution is 2.21. The van der Waals surface area contributed by atoms with Gasteiger partial charge in [0.05, 0.1) is 12.2 Å². The van der Waals surface area contributed by atoms with Crippen LogP contribution in [-0.4, -0.2) is 30.3 Å². The van der Waals surface area contributed by atoms with Crippen LogP contribution in [0.15, 0.2) is 59.1 Å². The van der Waals surface area contributed by atoms with Gasteiger partial charge in [-0.2, -0.15) is 4.72 Å². The minimum Gasteiger partial charge on any atom is -0.348 e. The number of rotatable bonds is 8. The molecule has 0 bridgehead atoms. The topological polar surface area (TPSA) is 101 Å². The number of hydrogen-bond donors (Lipinski definition) is 2. The molecule has 158 valence electrons. The van der Waals surface area contributed by atoms with E-state index < -0.39 is 32.7 Å². The summed E-state index contributed by atoms with van der Waals surface area (Å²) in [4.78, 5) is 20.6. The fourth-order valence-electron chi connectivity index (χ4n) is 2.71. The maximum Gasteiger partial charge on any atom is 0.244 e. The molecule has 0 spiro atoms. The van der Waals surface area contributed by atoms with E-state index >= 15 is 0 Å². The Labute approximate surface area is 178 Å². The molecule has 1 atom stereocenters. The summed E-state index contributed by atoms with van der Waals surface area (Å²) in [5.41, 5.74) is 1.68. The Bertz CT molecular complexity index is 1120. The molecule has 0 aliphatic heterocycles. The molecule has 7 nitrogen and oxygen atoms in total. The normalized spacial score (nSPS) is 12.7. The molecule has 0 fully saturated rings. The van der Waals surface area contributed by atoms with E-state index in [2.05, 4.69) is 20.0 Å². The highest BCUT2D eigenvalue weighted by Gasteiger charge is 2.29. The number of hydrogen-bond acceptors (Lipinski definition) is 6. The maximum absolute atomic E-state index is 13.9. The Morgan fingerprint density at radius 3 is 2.53 bits per heavy atom. The molecule has 0 unspecified atom stereocenters. The van der Waals surface area contributed by atoms with E-state index in [-0.39, 0.29) is 12.5 Å². The molecule has 3 rings (SSSR count). The quantitative estimate of drug-likeness (QED) is 0.552. The van der Waals surface area contributed by atoms with Gasteiger partial charge in [0.1, 0.15) is 21.8 Å². The number of carbonyl (C=O) groups excluding carboxylic acids is 1. The van der Waals surface area contributed by atoms with Gasteiger partial charge in [0.2, 0.25) is 15.9 Å². The second-order valence-corrected chi connectivity index (χ2v) is 9.48. The SMILES string of the molecule is CC(C)[C@H](NS(=O)(=O)c1ccccc1F)C(=O)NCc1nc(-c2ccncc2)cs1. The standard InChI is InChI=1S/C20H21FN4O3S2/c1-13(2)19(25-30(27,28)17-6-4-3-5-15(17)21)20(26)23-11-18-24-16(12-29-18)14-7-9-22-10-8-14/h3-10,12-13,19,25H,11H2,1-2H3,(H,23,26)/t19-/m0/s1. The summed E-state index contributed by atoms with van der Waals surface area (Å²) >= 11 is 1.38. The molecule has 10 heteroatoms. The van der Waals surface area contributed by atoms with Crippen LogP contribution in [0.4, 0.5) is 4.39 Å². The van der Waals surface area contributed by atoms with Crippen molar-refractivity contribution in [3.63, 3.8) is 0 Å². The monoisotopic (exact) mass is 448 g/mol. The van der Waals surface area contributed by atoms with Gasteiger partial charge in [0, 0.05) is 23.3 Å². The number of nitrogens with one attached hydrogen (secondary N) is 2. The number of halogens is 1. The molecule has 0 aliphatic rings. The Balaban J connectivity index is 1.68. The summed E-state index contributed by atoms with van der Waals surface area (Å²) in [6.45, 7) is 3.57. The number of aromatic nitrogens is 2. The molecular weight excluding hydrogens is 427 g/mol. The average molecular weight is 449 g/mol. The molecule has 30 heavy (non-hydrogen) atoms. The Morgan fingerprint density at radius 1 is 1.17 bits per heavy atom. The number of carbonyl (C=O) groups is 1. The summed E-state index contributed by atoms with van der Waals surface area (Å²) in [5, 5.41) is 5.26. The molecule has 1 aromatic carbocycles. The number of sulfonamides is 1. The lowest BCUT2D eigenvalue weighted by Gasteiger charge is -2.21. The van der Waals surface area contributed by atoms with Gasteiger partial charge in [0.15, 0.2) is 0 Å². The lowest BCUT2D eigenvalue weighted by Crippen LogP contribution is -2.49. The summed E-state index contributed by atoms with van der Waals surface area (Å²) < 4.78 is 41.4. The van der Waals surface area contributed by atoms with E-state index in [4.69, 9.17) is 0 Å². The van der Waals surface area contributed by atoms with Gasteiger partial charge in [-0.15, -0.1) is 11.3 Å². The van der Waals surface area contributed by atoms with Crippen LogP contribution in [0.1, 0.15) is 18.9 Å². The summed E-state index contributed by atoms with van der Waals surface area (Å²) in [7, 11) is -4.20. The molecule has 2 heterocycles. The molecule has 0 aliphatic carbocycles. The summed E-state index contributed by atoms with van der Waals surface area (Å²) in [6, 6.07) is 7.65. The first-order valence-corrected chi connectivity index (χ1v) is 11.5. The largest absolute Gasteiger partial charge is 0.348 e. The fraction of sp³-hybridized carbons (Fsp3) is 0.250. The van der Waals surface area contributed by atoms with Crippen LogP contribution >= 0.6 is 11.3 Å². The second kappa shape index (κ2) is 9.41. The van der Waals surface area contributed by atoms with E-state index in [1.807, 2.05) is 17.5 Å². The minimum atomic E-state index is -4.20. The average Bonchev–Trinajstić information content (AvgIpc) is 3.20. The van der Waals surface area contributed by atoms with Gasteiger partial charge >= 0.3 is 0 Å². The van der Waals surface area contributed by atoms with Crippen LogP contribution in [-0.2, 0) is 21.4 Å². The summed E-state index contributed by atoms with van der Waals surface area (Å²) in [5.74, 6) is -1.74. The van der Waals surface area contributed by atoms with E-state index in [1.54, 1.807) is 26.2 Å². The van der Waals surface area contributed by atoms with E-state index in [0.717, 1.165) is 23.4 Å². The van der Waals surface area contributed by atoms with Crippen molar-refractivity contribution in [1.82, 2.24) is 20.0 Å². The zero-order valence-electron chi connectivity index (χ0n) is 16.4. The predicted molar refractivity (Wildman–Crippen MR) is 113 cm³/mol. The Hall–Kier alpha value is -2.69. The summed E-state index contributed by atoms with van der Waals surface area (Å²) in [6.07, 6.45) is 3.34. The number of pyridine rings is 1. The molecule has 3 aromatic rings. The van der Waals surface area contributed by atoms with Crippen LogP contribution in [0.2, 0.25) is 0 Å². The van der Waals surface area contributed by atoms with Crippen LogP contribution in [0.25, 0.3) is 11.3 Å². The number of benzene rings is 1. The Morgan fingerprint density at radius 2 is 1.87 bits per heavy atom. The molecule has 1 amide bonds. The van der Waals surface area contributed by atoms with Crippen molar-refractivity contribution in [3.05, 3.63) is 65.0 Å². The molecule has 0 saturated heterocycles. The molecular formula is C20H21FN4O3S2. The predicted octanol–water partition coefficient (Wildman–Crippen LogP) is 2.96. The van der Waals surface area contributed by atoms with Crippen molar-refractivity contribution >= 4 is 27.3 Å². The van der Waals surface area contributed by atoms with Crippen molar-refractivity contribution in [2.45, 2.75) is 31.3 Å². The lowest BCUT2D eigenvalue weighted by molar-refractivity contribution is -0.123. The maximum atomic E-state index is 13.9. The molecule has 0 saturated carbocycles. The van der Waals surface area contributed by atoms with Crippen LogP contribution in [0, 0.1) is 11.7 Å². The Kier molecular flexibility index (Phi) is 6.91. The van der Waals surface area contributed by atoms with E-state index in [1.165, 1.54) is 23.5 Å². The van der Waals surface area contributed by atoms with Crippen molar-refractivity contribution < 1.29 is 17.6 Å². The highest BCUT2D eigenvalue weighted by molar-refractivity contribution is 7.89. The first kappa shape index (κ1) is 22.0. The van der Waals surface area contributed by atoms with Gasteiger partial charge in [-0.1, -0.05) is 26.0 Å². The third kappa shape index (κ3) is 5.26. The third-order valence-corrected chi connectivity index (χ3v) is 6.62. The van der Waals surface area contributed by atoms with Crippen molar-refractivity contribution in [1.29, 1.82) is 0 Å². The molecule has 2 N–H and O–H groups in total. The van der Waals surface area contributed by atoms with Crippen molar-refractivity contribution in [3.8, 4) is 11.3 Å².